The number of aliphatic hydroxyl groups excluding tert-OH is 1. The number of amides is 1. The summed E-state index contributed by atoms with van der Waals surface area (Å²) < 4.78 is 0. The summed E-state index contributed by atoms with van der Waals surface area (Å²) in [6.07, 6.45) is 3.14. The first kappa shape index (κ1) is 14.5. The van der Waals surface area contributed by atoms with Crippen molar-refractivity contribution in [2.24, 2.45) is 5.41 Å². The van der Waals surface area contributed by atoms with Gasteiger partial charge in [0.25, 0.3) is 0 Å². The van der Waals surface area contributed by atoms with E-state index in [0.29, 0.717) is 6.42 Å². The van der Waals surface area contributed by atoms with Crippen LogP contribution in [0.25, 0.3) is 0 Å². The molecule has 0 aromatic heterocycles. The van der Waals surface area contributed by atoms with Gasteiger partial charge in [0.15, 0.2) is 0 Å². The van der Waals surface area contributed by atoms with Crippen molar-refractivity contribution in [3.05, 3.63) is 0 Å². The Labute approximate surface area is 104 Å². The standard InChI is InChI=1S/C13H26N2O2/c1-4-5-13(6-7-14-9-13)12(17)15-10(2)8-11(3)16/h10-11,14,16H,4-9H2,1-3H3,(H,15,17). The van der Waals surface area contributed by atoms with Gasteiger partial charge in [0, 0.05) is 12.6 Å². The van der Waals surface area contributed by atoms with Crippen LogP contribution in [0.15, 0.2) is 0 Å². The topological polar surface area (TPSA) is 61.4 Å². The molecule has 0 aliphatic carbocycles. The SMILES string of the molecule is CCCC1(C(=O)NC(C)CC(C)O)CCNC1. The minimum absolute atomic E-state index is 0.0387. The van der Waals surface area contributed by atoms with Gasteiger partial charge in [-0.1, -0.05) is 13.3 Å². The number of carbonyl (C=O) groups is 1. The molecule has 0 aromatic rings. The van der Waals surface area contributed by atoms with Crippen LogP contribution in [0.1, 0.15) is 46.5 Å². The Balaban J connectivity index is 2.54. The Bertz CT molecular complexity index is 248. The molecule has 1 fully saturated rings. The maximum atomic E-state index is 12.3. The Morgan fingerprint density at radius 1 is 1.53 bits per heavy atom. The quantitative estimate of drug-likeness (QED) is 0.652. The number of hydrogen-bond acceptors (Lipinski definition) is 3. The summed E-state index contributed by atoms with van der Waals surface area (Å²) in [5, 5.41) is 15.6. The predicted molar refractivity (Wildman–Crippen MR) is 68.7 cm³/mol. The van der Waals surface area contributed by atoms with E-state index >= 15 is 0 Å². The lowest BCUT2D eigenvalue weighted by molar-refractivity contribution is -0.131. The molecular weight excluding hydrogens is 216 g/mol. The summed E-state index contributed by atoms with van der Waals surface area (Å²) in [5.41, 5.74) is -0.221. The Morgan fingerprint density at radius 2 is 2.24 bits per heavy atom. The van der Waals surface area contributed by atoms with Gasteiger partial charge >= 0.3 is 0 Å². The lowest BCUT2D eigenvalue weighted by Crippen LogP contribution is -2.46. The largest absolute Gasteiger partial charge is 0.393 e. The molecule has 0 radical (unpaired) electrons. The first-order valence-electron chi connectivity index (χ1n) is 6.70. The molecule has 0 bridgehead atoms. The third kappa shape index (κ3) is 3.96. The van der Waals surface area contributed by atoms with Crippen molar-refractivity contribution >= 4 is 5.91 Å². The Hall–Kier alpha value is -0.610. The van der Waals surface area contributed by atoms with Crippen molar-refractivity contribution < 1.29 is 9.90 Å². The van der Waals surface area contributed by atoms with Gasteiger partial charge < -0.3 is 15.7 Å². The van der Waals surface area contributed by atoms with Gasteiger partial charge in [-0.05, 0) is 39.7 Å². The number of hydrogen-bond donors (Lipinski definition) is 3. The summed E-state index contributed by atoms with van der Waals surface area (Å²) in [4.78, 5) is 12.3. The molecule has 1 rings (SSSR count). The second-order valence-corrected chi connectivity index (χ2v) is 5.42. The van der Waals surface area contributed by atoms with Crippen molar-refractivity contribution in [3.63, 3.8) is 0 Å². The van der Waals surface area contributed by atoms with E-state index in [0.717, 1.165) is 32.4 Å². The van der Waals surface area contributed by atoms with Crippen LogP contribution in [0.5, 0.6) is 0 Å². The van der Waals surface area contributed by atoms with Gasteiger partial charge in [0.1, 0.15) is 0 Å². The van der Waals surface area contributed by atoms with Gasteiger partial charge in [0.2, 0.25) is 5.91 Å². The highest BCUT2D eigenvalue weighted by molar-refractivity contribution is 5.83. The molecule has 0 spiro atoms. The van der Waals surface area contributed by atoms with Crippen LogP contribution in [0.3, 0.4) is 0 Å². The fourth-order valence-corrected chi connectivity index (χ4v) is 2.69. The molecule has 100 valence electrons. The van der Waals surface area contributed by atoms with E-state index in [2.05, 4.69) is 17.6 Å². The van der Waals surface area contributed by atoms with Crippen LogP contribution in [0.2, 0.25) is 0 Å². The van der Waals surface area contributed by atoms with Crippen LogP contribution in [-0.2, 0) is 4.79 Å². The fourth-order valence-electron chi connectivity index (χ4n) is 2.69. The molecule has 1 saturated heterocycles. The lowest BCUT2D eigenvalue weighted by atomic mass is 9.81. The Morgan fingerprint density at radius 3 is 2.71 bits per heavy atom. The first-order valence-corrected chi connectivity index (χ1v) is 6.70. The molecule has 3 N–H and O–H groups in total. The highest BCUT2D eigenvalue weighted by Gasteiger charge is 2.40. The van der Waals surface area contributed by atoms with E-state index in [1.54, 1.807) is 6.92 Å². The molecule has 17 heavy (non-hydrogen) atoms. The smallest absolute Gasteiger partial charge is 0.227 e. The number of rotatable bonds is 6. The molecule has 1 aliphatic heterocycles. The van der Waals surface area contributed by atoms with Crippen molar-refractivity contribution in [2.75, 3.05) is 13.1 Å². The van der Waals surface area contributed by atoms with Crippen LogP contribution in [0, 0.1) is 5.41 Å². The van der Waals surface area contributed by atoms with E-state index in [1.807, 2.05) is 6.92 Å². The van der Waals surface area contributed by atoms with Crippen molar-refractivity contribution in [3.8, 4) is 0 Å². The van der Waals surface area contributed by atoms with E-state index in [-0.39, 0.29) is 23.5 Å². The van der Waals surface area contributed by atoms with Crippen molar-refractivity contribution in [1.82, 2.24) is 10.6 Å². The normalized spacial score (nSPS) is 27.8. The fraction of sp³-hybridized carbons (Fsp3) is 0.923. The third-order valence-corrected chi connectivity index (χ3v) is 3.53. The summed E-state index contributed by atoms with van der Waals surface area (Å²) in [6, 6.07) is 0.0387. The van der Waals surface area contributed by atoms with Gasteiger partial charge in [0.05, 0.1) is 11.5 Å². The average molecular weight is 242 g/mol. The van der Waals surface area contributed by atoms with Gasteiger partial charge in [-0.2, -0.15) is 0 Å². The maximum Gasteiger partial charge on any atom is 0.227 e. The monoisotopic (exact) mass is 242 g/mol. The molecule has 1 amide bonds. The zero-order valence-corrected chi connectivity index (χ0v) is 11.3. The predicted octanol–water partition coefficient (Wildman–Crippen LogP) is 1.04. The van der Waals surface area contributed by atoms with E-state index in [4.69, 9.17) is 0 Å². The second kappa shape index (κ2) is 6.36. The molecule has 0 saturated carbocycles. The van der Waals surface area contributed by atoms with E-state index in [1.165, 1.54) is 0 Å². The van der Waals surface area contributed by atoms with Crippen molar-refractivity contribution in [2.45, 2.75) is 58.6 Å². The molecular formula is C13H26N2O2. The highest BCUT2D eigenvalue weighted by atomic mass is 16.3. The highest BCUT2D eigenvalue weighted by Crippen LogP contribution is 2.31. The number of aliphatic hydroxyl groups is 1. The summed E-state index contributed by atoms with van der Waals surface area (Å²) >= 11 is 0. The zero-order chi connectivity index (χ0) is 12.9. The summed E-state index contributed by atoms with van der Waals surface area (Å²) in [6.45, 7) is 7.53. The number of carbonyl (C=O) groups excluding carboxylic acids is 1. The second-order valence-electron chi connectivity index (χ2n) is 5.42. The van der Waals surface area contributed by atoms with Gasteiger partial charge in [-0.3, -0.25) is 4.79 Å². The van der Waals surface area contributed by atoms with Gasteiger partial charge in [-0.15, -0.1) is 0 Å². The zero-order valence-electron chi connectivity index (χ0n) is 11.3. The number of nitrogens with one attached hydrogen (secondary N) is 2. The molecule has 4 heteroatoms. The van der Waals surface area contributed by atoms with Crippen LogP contribution in [-0.4, -0.2) is 36.2 Å². The molecule has 3 unspecified atom stereocenters. The molecule has 1 aliphatic rings. The molecule has 4 nitrogen and oxygen atoms in total. The van der Waals surface area contributed by atoms with Crippen molar-refractivity contribution in [1.29, 1.82) is 0 Å². The molecule has 3 atom stereocenters. The Kier molecular flexibility index (Phi) is 5.40. The van der Waals surface area contributed by atoms with Crippen LogP contribution >= 0.6 is 0 Å². The minimum Gasteiger partial charge on any atom is -0.393 e. The van der Waals surface area contributed by atoms with Crippen LogP contribution < -0.4 is 10.6 Å². The molecule has 1 heterocycles. The minimum atomic E-state index is -0.367. The summed E-state index contributed by atoms with van der Waals surface area (Å²) in [7, 11) is 0. The van der Waals surface area contributed by atoms with Gasteiger partial charge in [-0.25, -0.2) is 0 Å². The molecule has 0 aromatic carbocycles. The van der Waals surface area contributed by atoms with E-state index < -0.39 is 0 Å². The third-order valence-electron chi connectivity index (χ3n) is 3.53. The van der Waals surface area contributed by atoms with Crippen LogP contribution in [0.4, 0.5) is 0 Å². The average Bonchev–Trinajstić information content (AvgIpc) is 2.66. The maximum absolute atomic E-state index is 12.3. The first-order chi connectivity index (χ1) is 8.00. The lowest BCUT2D eigenvalue weighted by Gasteiger charge is -2.28. The van der Waals surface area contributed by atoms with E-state index in [9.17, 15) is 9.90 Å². The summed E-state index contributed by atoms with van der Waals surface area (Å²) in [5.74, 6) is 0.150.